The molecule has 0 saturated carbocycles. The van der Waals surface area contributed by atoms with Crippen LogP contribution in [0.25, 0.3) is 0 Å². The number of anilines is 2. The van der Waals surface area contributed by atoms with Crippen molar-refractivity contribution in [3.8, 4) is 0 Å². The van der Waals surface area contributed by atoms with Gasteiger partial charge in [-0.3, -0.25) is 9.59 Å². The number of nitrogens with zero attached hydrogens (tertiary/aromatic N) is 3. The van der Waals surface area contributed by atoms with Gasteiger partial charge in [0.2, 0.25) is 0 Å². The summed E-state index contributed by atoms with van der Waals surface area (Å²) in [5, 5.41) is 0. The summed E-state index contributed by atoms with van der Waals surface area (Å²) in [7, 11) is 0. The van der Waals surface area contributed by atoms with Crippen LogP contribution in [0.2, 0.25) is 0 Å². The van der Waals surface area contributed by atoms with Crippen LogP contribution in [-0.2, 0) is 6.42 Å². The molecule has 5 nitrogen and oxygen atoms in total. The van der Waals surface area contributed by atoms with Crippen molar-refractivity contribution in [1.29, 1.82) is 0 Å². The molecule has 0 bridgehead atoms. The van der Waals surface area contributed by atoms with Crippen LogP contribution < -0.4 is 9.80 Å². The summed E-state index contributed by atoms with van der Waals surface area (Å²) in [6.45, 7) is 6.47. The Labute approximate surface area is 177 Å². The van der Waals surface area contributed by atoms with Crippen LogP contribution in [0.4, 0.5) is 11.4 Å². The molecule has 30 heavy (non-hydrogen) atoms. The summed E-state index contributed by atoms with van der Waals surface area (Å²) in [6.07, 6.45) is 0.817. The second-order valence-corrected chi connectivity index (χ2v) is 7.65. The van der Waals surface area contributed by atoms with Gasteiger partial charge in [-0.25, -0.2) is 4.98 Å². The quantitative estimate of drug-likeness (QED) is 0.642. The Kier molecular flexibility index (Phi) is 5.36. The van der Waals surface area contributed by atoms with E-state index in [9.17, 15) is 9.59 Å². The van der Waals surface area contributed by atoms with Gasteiger partial charge in [0, 0.05) is 24.0 Å². The van der Waals surface area contributed by atoms with E-state index in [2.05, 4.69) is 4.98 Å². The normalized spacial score (nSPS) is 15.0. The molecule has 1 unspecified atom stereocenters. The molecule has 152 valence electrons. The molecule has 1 aliphatic rings. The average Bonchev–Trinajstić information content (AvgIpc) is 3.09. The van der Waals surface area contributed by atoms with Gasteiger partial charge >= 0.3 is 0 Å². The maximum atomic E-state index is 13.3. The third kappa shape index (κ3) is 3.59. The number of rotatable bonds is 4. The summed E-state index contributed by atoms with van der Waals surface area (Å²) < 4.78 is 0. The number of hydrogen-bond donors (Lipinski definition) is 0. The second kappa shape index (κ2) is 8.11. The zero-order valence-corrected chi connectivity index (χ0v) is 17.5. The third-order valence-corrected chi connectivity index (χ3v) is 5.49. The number of fused-ring (bicyclic) bond motifs is 1. The fraction of sp³-hybridized carbons (Fsp3) is 0.240. The summed E-state index contributed by atoms with van der Waals surface area (Å²) in [6, 6.07) is 20.9. The van der Waals surface area contributed by atoms with Gasteiger partial charge in [0.05, 0.1) is 0 Å². The lowest BCUT2D eigenvalue weighted by molar-refractivity contribution is 0.0975. The summed E-state index contributed by atoms with van der Waals surface area (Å²) >= 11 is 0. The van der Waals surface area contributed by atoms with Crippen LogP contribution in [0, 0.1) is 6.92 Å². The lowest BCUT2D eigenvalue weighted by atomic mass is 10.1. The Morgan fingerprint density at radius 2 is 1.77 bits per heavy atom. The number of aromatic nitrogens is 1. The lowest BCUT2D eigenvalue weighted by Gasteiger charge is -2.23. The highest BCUT2D eigenvalue weighted by Crippen LogP contribution is 2.32. The minimum atomic E-state index is -0.215. The van der Waals surface area contributed by atoms with Crippen LogP contribution in [-0.4, -0.2) is 29.4 Å². The molecule has 3 aromatic rings. The van der Waals surface area contributed by atoms with Crippen LogP contribution in [0.5, 0.6) is 0 Å². The SMILES string of the molecule is CCN(C(=O)c1cccc(C(=O)N2c3ccccc3CC2C)n1)c1cccc(C)c1. The smallest absolute Gasteiger partial charge is 0.277 e. The zero-order chi connectivity index (χ0) is 21.3. The Morgan fingerprint density at radius 3 is 2.53 bits per heavy atom. The highest BCUT2D eigenvalue weighted by molar-refractivity contribution is 6.09. The van der Waals surface area contributed by atoms with Crippen molar-refractivity contribution in [2.24, 2.45) is 0 Å². The van der Waals surface area contributed by atoms with E-state index < -0.39 is 0 Å². The maximum absolute atomic E-state index is 13.3. The molecule has 1 aromatic heterocycles. The highest BCUT2D eigenvalue weighted by Gasteiger charge is 2.32. The van der Waals surface area contributed by atoms with Crippen molar-refractivity contribution >= 4 is 23.2 Å². The van der Waals surface area contributed by atoms with Crippen molar-refractivity contribution in [3.05, 3.63) is 89.2 Å². The number of pyridine rings is 1. The largest absolute Gasteiger partial charge is 0.307 e. The minimum absolute atomic E-state index is 0.0514. The number of carbonyl (C=O) groups is 2. The first-order chi connectivity index (χ1) is 14.5. The molecule has 0 fully saturated rings. The van der Waals surface area contributed by atoms with Crippen molar-refractivity contribution < 1.29 is 9.59 Å². The average molecular weight is 399 g/mol. The Balaban J connectivity index is 1.64. The molecule has 5 heteroatoms. The van der Waals surface area contributed by atoms with Gasteiger partial charge in [0.25, 0.3) is 11.8 Å². The van der Waals surface area contributed by atoms with Gasteiger partial charge in [0.15, 0.2) is 0 Å². The molecule has 0 saturated heterocycles. The van der Waals surface area contributed by atoms with Gasteiger partial charge in [-0.15, -0.1) is 0 Å². The van der Waals surface area contributed by atoms with Gasteiger partial charge in [0.1, 0.15) is 11.4 Å². The summed E-state index contributed by atoms with van der Waals surface area (Å²) in [5.74, 6) is -0.395. The Bertz CT molecular complexity index is 1110. The molecule has 2 heterocycles. The van der Waals surface area contributed by atoms with E-state index in [0.717, 1.165) is 28.9 Å². The number of amides is 2. The monoisotopic (exact) mass is 399 g/mol. The second-order valence-electron chi connectivity index (χ2n) is 7.65. The molecular weight excluding hydrogens is 374 g/mol. The first-order valence-electron chi connectivity index (χ1n) is 10.3. The molecule has 2 aromatic carbocycles. The molecule has 0 radical (unpaired) electrons. The zero-order valence-electron chi connectivity index (χ0n) is 17.5. The molecular formula is C25H25N3O2. The Hall–Kier alpha value is -3.47. The van der Waals surface area contributed by atoms with E-state index in [1.807, 2.05) is 69.3 Å². The Morgan fingerprint density at radius 1 is 1.03 bits per heavy atom. The van der Waals surface area contributed by atoms with E-state index in [1.165, 1.54) is 0 Å². The first-order valence-corrected chi connectivity index (χ1v) is 10.3. The van der Waals surface area contributed by atoms with Crippen molar-refractivity contribution in [1.82, 2.24) is 4.98 Å². The van der Waals surface area contributed by atoms with Crippen molar-refractivity contribution in [2.45, 2.75) is 33.2 Å². The minimum Gasteiger partial charge on any atom is -0.307 e. The fourth-order valence-corrected chi connectivity index (χ4v) is 4.05. The van der Waals surface area contributed by atoms with E-state index >= 15 is 0 Å². The van der Waals surface area contributed by atoms with Crippen LogP contribution >= 0.6 is 0 Å². The third-order valence-electron chi connectivity index (χ3n) is 5.49. The molecule has 0 aliphatic carbocycles. The fourth-order valence-electron chi connectivity index (χ4n) is 4.05. The number of benzene rings is 2. The maximum Gasteiger partial charge on any atom is 0.277 e. The molecule has 1 aliphatic heterocycles. The lowest BCUT2D eigenvalue weighted by Crippen LogP contribution is -2.37. The predicted octanol–water partition coefficient (Wildman–Crippen LogP) is 4.65. The van der Waals surface area contributed by atoms with E-state index in [-0.39, 0.29) is 29.2 Å². The van der Waals surface area contributed by atoms with E-state index in [0.29, 0.717) is 6.54 Å². The number of aryl methyl sites for hydroxylation is 1. The predicted molar refractivity (Wildman–Crippen MR) is 119 cm³/mol. The highest BCUT2D eigenvalue weighted by atomic mass is 16.2. The topological polar surface area (TPSA) is 53.5 Å². The number of carbonyl (C=O) groups excluding carboxylic acids is 2. The van der Waals surface area contributed by atoms with Crippen molar-refractivity contribution in [2.75, 3.05) is 16.3 Å². The molecule has 4 rings (SSSR count). The molecule has 1 atom stereocenters. The van der Waals surface area contributed by atoms with Gasteiger partial charge < -0.3 is 9.80 Å². The van der Waals surface area contributed by atoms with Gasteiger partial charge in [-0.05, 0) is 68.7 Å². The van der Waals surface area contributed by atoms with Crippen LogP contribution in [0.15, 0.2) is 66.7 Å². The van der Waals surface area contributed by atoms with E-state index in [4.69, 9.17) is 0 Å². The van der Waals surface area contributed by atoms with Crippen LogP contribution in [0.1, 0.15) is 46.0 Å². The number of hydrogen-bond acceptors (Lipinski definition) is 3. The molecule has 0 N–H and O–H groups in total. The standard InChI is InChI=1S/C25H25N3O2/c1-4-27(20-11-7-9-17(2)15-20)24(29)21-12-8-13-22(26-21)25(30)28-18(3)16-19-10-5-6-14-23(19)28/h5-15,18H,4,16H2,1-3H3. The summed E-state index contributed by atoms with van der Waals surface area (Å²) in [5.41, 5.74) is 4.53. The molecule has 0 spiro atoms. The van der Waals surface area contributed by atoms with Crippen LogP contribution in [0.3, 0.4) is 0 Å². The first kappa shape index (κ1) is 19.8. The van der Waals surface area contributed by atoms with Gasteiger partial charge in [-0.2, -0.15) is 0 Å². The van der Waals surface area contributed by atoms with Gasteiger partial charge in [-0.1, -0.05) is 36.4 Å². The molecule has 2 amide bonds. The van der Waals surface area contributed by atoms with E-state index in [1.54, 1.807) is 28.0 Å². The number of para-hydroxylation sites is 1. The van der Waals surface area contributed by atoms with Crippen molar-refractivity contribution in [3.63, 3.8) is 0 Å². The summed E-state index contributed by atoms with van der Waals surface area (Å²) in [4.78, 5) is 34.4.